The average Bonchev–Trinajstić information content (AvgIpc) is 3.31. The second-order valence-electron chi connectivity index (χ2n) is 8.90. The molecule has 1 saturated heterocycles. The molecule has 33 heavy (non-hydrogen) atoms. The van der Waals surface area contributed by atoms with Crippen molar-refractivity contribution in [3.8, 4) is 5.75 Å². The normalized spacial score (nSPS) is 19.5. The average molecular weight is 575 g/mol. The van der Waals surface area contributed by atoms with Crippen molar-refractivity contribution in [1.29, 1.82) is 0 Å². The SMILES string of the molecule is CCOCCC1(CNC(=NC)NCC(c2ccc(OC)cc2)N2CCOCC2)CCCC1.I. The van der Waals surface area contributed by atoms with Gasteiger partial charge in [-0.15, -0.1) is 24.0 Å². The molecule has 0 amide bonds. The number of rotatable bonds is 11. The van der Waals surface area contributed by atoms with E-state index in [1.165, 1.54) is 31.2 Å². The van der Waals surface area contributed by atoms with Gasteiger partial charge in [-0.2, -0.15) is 0 Å². The van der Waals surface area contributed by atoms with Crippen molar-refractivity contribution >= 4 is 29.9 Å². The fraction of sp³-hybridized carbons (Fsp3) is 0.720. The van der Waals surface area contributed by atoms with Gasteiger partial charge < -0.3 is 24.8 Å². The predicted molar refractivity (Wildman–Crippen MR) is 145 cm³/mol. The second kappa shape index (κ2) is 15.0. The largest absolute Gasteiger partial charge is 0.497 e. The first-order chi connectivity index (χ1) is 15.7. The van der Waals surface area contributed by atoms with E-state index < -0.39 is 0 Å². The molecule has 2 fully saturated rings. The van der Waals surface area contributed by atoms with Crippen LogP contribution >= 0.6 is 24.0 Å². The highest BCUT2D eigenvalue weighted by molar-refractivity contribution is 14.0. The quantitative estimate of drug-likeness (QED) is 0.181. The number of nitrogens with one attached hydrogen (secondary N) is 2. The Labute approximate surface area is 217 Å². The molecule has 1 heterocycles. The number of nitrogens with zero attached hydrogens (tertiary/aromatic N) is 2. The topological polar surface area (TPSA) is 67.3 Å². The fourth-order valence-electron chi connectivity index (χ4n) is 4.93. The summed E-state index contributed by atoms with van der Waals surface area (Å²) in [5.41, 5.74) is 1.60. The van der Waals surface area contributed by atoms with Crippen LogP contribution in [0.4, 0.5) is 0 Å². The van der Waals surface area contributed by atoms with Crippen LogP contribution in [0.1, 0.15) is 50.6 Å². The minimum absolute atomic E-state index is 0. The number of ether oxygens (including phenoxy) is 3. The molecule has 1 aromatic rings. The van der Waals surface area contributed by atoms with E-state index in [1.807, 2.05) is 19.2 Å². The van der Waals surface area contributed by atoms with E-state index in [1.54, 1.807) is 7.11 Å². The third kappa shape index (κ3) is 8.56. The number of halogens is 1. The maximum Gasteiger partial charge on any atom is 0.191 e. The van der Waals surface area contributed by atoms with Gasteiger partial charge in [0.1, 0.15) is 5.75 Å². The van der Waals surface area contributed by atoms with E-state index in [0.717, 1.165) is 70.7 Å². The molecule has 1 unspecified atom stereocenters. The van der Waals surface area contributed by atoms with Gasteiger partial charge in [-0.3, -0.25) is 9.89 Å². The molecule has 1 atom stereocenters. The molecule has 1 aromatic carbocycles. The van der Waals surface area contributed by atoms with Crippen LogP contribution in [0.5, 0.6) is 5.75 Å². The number of morpholine rings is 1. The van der Waals surface area contributed by atoms with Crippen LogP contribution in [-0.4, -0.2) is 77.6 Å². The molecule has 0 radical (unpaired) electrons. The number of hydrogen-bond donors (Lipinski definition) is 2. The van der Waals surface area contributed by atoms with Gasteiger partial charge in [-0.1, -0.05) is 25.0 Å². The molecule has 0 aromatic heterocycles. The molecule has 1 aliphatic carbocycles. The Morgan fingerprint density at radius 3 is 2.45 bits per heavy atom. The van der Waals surface area contributed by atoms with E-state index >= 15 is 0 Å². The Morgan fingerprint density at radius 1 is 1.15 bits per heavy atom. The van der Waals surface area contributed by atoms with Crippen molar-refractivity contribution in [3.05, 3.63) is 29.8 Å². The van der Waals surface area contributed by atoms with E-state index in [0.29, 0.717) is 5.41 Å². The maximum absolute atomic E-state index is 5.67. The smallest absolute Gasteiger partial charge is 0.191 e. The van der Waals surface area contributed by atoms with E-state index in [9.17, 15) is 0 Å². The Bertz CT molecular complexity index is 689. The minimum Gasteiger partial charge on any atom is -0.497 e. The molecule has 7 nitrogen and oxygen atoms in total. The minimum atomic E-state index is 0. The van der Waals surface area contributed by atoms with Crippen molar-refractivity contribution in [2.45, 2.75) is 45.1 Å². The molecule has 8 heteroatoms. The molecular formula is C25H43IN4O3. The van der Waals surface area contributed by atoms with Gasteiger partial charge in [-0.25, -0.2) is 0 Å². The van der Waals surface area contributed by atoms with Gasteiger partial charge in [0.15, 0.2) is 5.96 Å². The lowest BCUT2D eigenvalue weighted by atomic mass is 9.83. The van der Waals surface area contributed by atoms with Crippen LogP contribution in [0, 0.1) is 5.41 Å². The van der Waals surface area contributed by atoms with Crippen molar-refractivity contribution in [1.82, 2.24) is 15.5 Å². The summed E-state index contributed by atoms with van der Waals surface area (Å²) >= 11 is 0. The Balaban J connectivity index is 0.00000385. The number of aliphatic imine (C=N–C) groups is 1. The van der Waals surface area contributed by atoms with Gasteiger partial charge in [0.05, 0.1) is 26.4 Å². The molecule has 0 bridgehead atoms. The third-order valence-electron chi connectivity index (χ3n) is 6.95. The van der Waals surface area contributed by atoms with Crippen molar-refractivity contribution in [3.63, 3.8) is 0 Å². The number of benzene rings is 1. The predicted octanol–water partition coefficient (Wildman–Crippen LogP) is 3.84. The summed E-state index contributed by atoms with van der Waals surface area (Å²) in [4.78, 5) is 7.01. The van der Waals surface area contributed by atoms with Gasteiger partial charge >= 0.3 is 0 Å². The maximum atomic E-state index is 5.67. The van der Waals surface area contributed by atoms with Crippen molar-refractivity contribution in [2.75, 3.05) is 66.8 Å². The number of hydrogen-bond acceptors (Lipinski definition) is 5. The molecule has 188 valence electrons. The van der Waals surface area contributed by atoms with Crippen LogP contribution in [0.15, 0.2) is 29.3 Å². The highest BCUT2D eigenvalue weighted by Crippen LogP contribution is 2.40. The molecule has 1 aliphatic heterocycles. The molecule has 1 saturated carbocycles. The summed E-state index contributed by atoms with van der Waals surface area (Å²) in [6, 6.07) is 8.66. The zero-order valence-electron chi connectivity index (χ0n) is 20.6. The molecule has 0 spiro atoms. The summed E-state index contributed by atoms with van der Waals surface area (Å²) < 4.78 is 16.6. The first kappa shape index (κ1) is 28.1. The van der Waals surface area contributed by atoms with Crippen LogP contribution in [0.3, 0.4) is 0 Å². The highest BCUT2D eigenvalue weighted by atomic mass is 127. The molecule has 2 aliphatic rings. The first-order valence-electron chi connectivity index (χ1n) is 12.2. The summed E-state index contributed by atoms with van der Waals surface area (Å²) in [6.07, 6.45) is 6.29. The van der Waals surface area contributed by atoms with Gasteiger partial charge in [0.25, 0.3) is 0 Å². The standard InChI is InChI=1S/C25H42N4O3.HI/c1-4-31-16-13-25(11-5-6-12-25)20-28-24(26-2)27-19-23(29-14-17-32-18-15-29)21-7-9-22(30-3)10-8-21;/h7-10,23H,4-6,11-20H2,1-3H3,(H2,26,27,28);1H. The van der Waals surface area contributed by atoms with Gasteiger partial charge in [0.2, 0.25) is 0 Å². The molecular weight excluding hydrogens is 531 g/mol. The second-order valence-corrected chi connectivity index (χ2v) is 8.90. The Kier molecular flexibility index (Phi) is 12.8. The lowest BCUT2D eigenvalue weighted by Crippen LogP contribution is -2.48. The van der Waals surface area contributed by atoms with E-state index in [4.69, 9.17) is 14.2 Å². The summed E-state index contributed by atoms with van der Waals surface area (Å²) in [5, 5.41) is 7.22. The summed E-state index contributed by atoms with van der Waals surface area (Å²) in [5.74, 6) is 1.76. The van der Waals surface area contributed by atoms with E-state index in [2.05, 4.69) is 39.6 Å². The van der Waals surface area contributed by atoms with E-state index in [-0.39, 0.29) is 30.0 Å². The zero-order chi connectivity index (χ0) is 22.7. The number of guanidine groups is 1. The molecule has 3 rings (SSSR count). The fourth-order valence-corrected chi connectivity index (χ4v) is 4.93. The third-order valence-corrected chi connectivity index (χ3v) is 6.95. The van der Waals surface area contributed by atoms with Crippen LogP contribution in [0.25, 0.3) is 0 Å². The highest BCUT2D eigenvalue weighted by Gasteiger charge is 2.33. The number of methoxy groups -OCH3 is 1. The summed E-state index contributed by atoms with van der Waals surface area (Å²) in [6.45, 7) is 8.88. The monoisotopic (exact) mass is 574 g/mol. The van der Waals surface area contributed by atoms with Crippen molar-refractivity contribution < 1.29 is 14.2 Å². The lowest BCUT2D eigenvalue weighted by molar-refractivity contribution is 0.0169. The molecule has 2 N–H and O–H groups in total. The van der Waals surface area contributed by atoms with Gasteiger partial charge in [-0.05, 0) is 49.3 Å². The first-order valence-corrected chi connectivity index (χ1v) is 12.2. The summed E-state index contributed by atoms with van der Waals surface area (Å²) in [7, 11) is 3.56. The Hall–Kier alpha value is -1.10. The van der Waals surface area contributed by atoms with Gasteiger partial charge in [0, 0.05) is 46.4 Å². The van der Waals surface area contributed by atoms with Crippen LogP contribution in [-0.2, 0) is 9.47 Å². The van der Waals surface area contributed by atoms with Crippen molar-refractivity contribution in [2.24, 2.45) is 10.4 Å². The van der Waals surface area contributed by atoms with Crippen LogP contribution < -0.4 is 15.4 Å². The Morgan fingerprint density at radius 2 is 1.85 bits per heavy atom. The zero-order valence-corrected chi connectivity index (χ0v) is 22.9. The lowest BCUT2D eigenvalue weighted by Gasteiger charge is -2.35. The van der Waals surface area contributed by atoms with Crippen LogP contribution in [0.2, 0.25) is 0 Å².